The van der Waals surface area contributed by atoms with E-state index in [2.05, 4.69) is 4.18 Å². The molecule has 0 radical (unpaired) electrons. The lowest BCUT2D eigenvalue weighted by Crippen LogP contribution is -2.13. The molecule has 2 unspecified atom stereocenters. The fourth-order valence-electron chi connectivity index (χ4n) is 1.32. The number of hydrogen-bond donors (Lipinski definition) is 0. The predicted octanol–water partition coefficient (Wildman–Crippen LogP) is 1.55. The maximum Gasteiger partial charge on any atom is 0.392 e. The zero-order chi connectivity index (χ0) is 11.0. The molecule has 0 aliphatic heterocycles. The third-order valence-corrected chi connectivity index (χ3v) is 2.72. The number of alkyl halides is 3. The molecular weight excluding hydrogens is 221 g/mol. The molecule has 1 saturated carbocycles. The van der Waals surface area contributed by atoms with E-state index in [1.807, 2.05) is 0 Å². The lowest BCUT2D eigenvalue weighted by atomic mass is 10.2. The highest BCUT2D eigenvalue weighted by atomic mass is 32.2. The Labute approximate surface area is 80.4 Å². The Morgan fingerprint density at radius 3 is 2.36 bits per heavy atom. The summed E-state index contributed by atoms with van der Waals surface area (Å²) < 4.78 is 61.3. The third kappa shape index (κ3) is 3.83. The van der Waals surface area contributed by atoms with E-state index in [1.165, 1.54) is 0 Å². The fourth-order valence-corrected chi connectivity index (χ4v) is 1.72. The van der Waals surface area contributed by atoms with Crippen molar-refractivity contribution in [1.29, 1.82) is 0 Å². The van der Waals surface area contributed by atoms with Gasteiger partial charge in [0, 0.05) is 0 Å². The SMILES string of the molecule is CS(=O)(=O)OCCC1CC1C(F)(F)F. The molecule has 0 aromatic carbocycles. The third-order valence-electron chi connectivity index (χ3n) is 2.13. The van der Waals surface area contributed by atoms with Crippen LogP contribution in [-0.4, -0.2) is 27.5 Å². The topological polar surface area (TPSA) is 43.4 Å². The summed E-state index contributed by atoms with van der Waals surface area (Å²) in [6.45, 7) is -0.157. The number of halogens is 3. The van der Waals surface area contributed by atoms with Gasteiger partial charge in [-0.1, -0.05) is 0 Å². The zero-order valence-corrected chi connectivity index (χ0v) is 8.36. The van der Waals surface area contributed by atoms with Crippen molar-refractivity contribution >= 4 is 10.1 Å². The van der Waals surface area contributed by atoms with Gasteiger partial charge in [-0.05, 0) is 18.8 Å². The second kappa shape index (κ2) is 3.69. The Hall–Kier alpha value is -0.300. The first-order chi connectivity index (χ1) is 6.20. The van der Waals surface area contributed by atoms with Crippen molar-refractivity contribution in [2.45, 2.75) is 19.0 Å². The largest absolute Gasteiger partial charge is 0.392 e. The fraction of sp³-hybridized carbons (Fsp3) is 1.00. The molecule has 1 aliphatic rings. The Kier molecular flexibility index (Phi) is 3.10. The molecule has 1 rings (SSSR count). The number of hydrogen-bond acceptors (Lipinski definition) is 3. The average Bonchev–Trinajstić information content (AvgIpc) is 2.61. The molecule has 84 valence electrons. The monoisotopic (exact) mass is 232 g/mol. The summed E-state index contributed by atoms with van der Waals surface area (Å²) in [5, 5.41) is 0. The number of rotatable bonds is 4. The molecule has 0 heterocycles. The summed E-state index contributed by atoms with van der Waals surface area (Å²) in [4.78, 5) is 0. The van der Waals surface area contributed by atoms with Gasteiger partial charge in [0.25, 0.3) is 10.1 Å². The molecule has 3 nitrogen and oxygen atoms in total. The minimum Gasteiger partial charge on any atom is -0.270 e. The van der Waals surface area contributed by atoms with E-state index in [0.717, 1.165) is 6.26 Å². The molecule has 0 N–H and O–H groups in total. The normalized spacial score (nSPS) is 27.7. The zero-order valence-electron chi connectivity index (χ0n) is 7.54. The van der Waals surface area contributed by atoms with Crippen molar-refractivity contribution in [3.05, 3.63) is 0 Å². The Morgan fingerprint density at radius 2 is 2.00 bits per heavy atom. The van der Waals surface area contributed by atoms with Crippen LogP contribution in [0.3, 0.4) is 0 Å². The predicted molar refractivity (Wildman–Crippen MR) is 43.1 cm³/mol. The van der Waals surface area contributed by atoms with Gasteiger partial charge in [0.05, 0.1) is 18.8 Å². The van der Waals surface area contributed by atoms with Crippen LogP contribution < -0.4 is 0 Å². The lowest BCUT2D eigenvalue weighted by Gasteiger charge is -2.04. The summed E-state index contributed by atoms with van der Waals surface area (Å²) in [5.74, 6) is -1.72. The molecule has 7 heteroatoms. The molecule has 1 fully saturated rings. The smallest absolute Gasteiger partial charge is 0.270 e. The standard InChI is InChI=1S/C7H11F3O3S/c1-14(11,12)13-3-2-5-4-6(5)7(8,9)10/h5-6H,2-4H2,1H3. The van der Waals surface area contributed by atoms with Crippen molar-refractivity contribution < 1.29 is 25.8 Å². The highest BCUT2D eigenvalue weighted by Crippen LogP contribution is 2.51. The highest BCUT2D eigenvalue weighted by Gasteiger charge is 2.54. The van der Waals surface area contributed by atoms with Gasteiger partial charge in [-0.3, -0.25) is 4.18 Å². The van der Waals surface area contributed by atoms with Crippen LogP contribution in [0.4, 0.5) is 13.2 Å². The van der Waals surface area contributed by atoms with Crippen molar-refractivity contribution in [2.75, 3.05) is 12.9 Å². The first-order valence-corrected chi connectivity index (χ1v) is 5.93. The van der Waals surface area contributed by atoms with E-state index >= 15 is 0 Å². The van der Waals surface area contributed by atoms with E-state index in [1.54, 1.807) is 0 Å². The Morgan fingerprint density at radius 1 is 1.43 bits per heavy atom. The van der Waals surface area contributed by atoms with Crippen LogP contribution >= 0.6 is 0 Å². The first-order valence-electron chi connectivity index (χ1n) is 4.11. The maximum atomic E-state index is 12.0. The summed E-state index contributed by atoms with van der Waals surface area (Å²) in [6, 6.07) is 0. The summed E-state index contributed by atoms with van der Waals surface area (Å²) in [7, 11) is -3.53. The molecule has 0 aromatic rings. The quantitative estimate of drug-likeness (QED) is 0.691. The van der Waals surface area contributed by atoms with E-state index in [-0.39, 0.29) is 19.4 Å². The van der Waals surface area contributed by atoms with Crippen molar-refractivity contribution in [3.63, 3.8) is 0 Å². The van der Waals surface area contributed by atoms with E-state index in [4.69, 9.17) is 0 Å². The molecule has 0 saturated heterocycles. The highest BCUT2D eigenvalue weighted by molar-refractivity contribution is 7.85. The maximum absolute atomic E-state index is 12.0. The molecule has 0 bridgehead atoms. The van der Waals surface area contributed by atoms with E-state index in [9.17, 15) is 21.6 Å². The summed E-state index contributed by atoms with van der Waals surface area (Å²) in [5.41, 5.74) is 0. The summed E-state index contributed by atoms with van der Waals surface area (Å²) in [6.07, 6.45) is -3.02. The van der Waals surface area contributed by atoms with Crippen LogP contribution in [0.5, 0.6) is 0 Å². The van der Waals surface area contributed by atoms with Gasteiger partial charge in [-0.2, -0.15) is 21.6 Å². The average molecular weight is 232 g/mol. The summed E-state index contributed by atoms with van der Waals surface area (Å²) >= 11 is 0. The Balaban J connectivity index is 2.19. The molecular formula is C7H11F3O3S. The van der Waals surface area contributed by atoms with Crippen LogP contribution in [0.15, 0.2) is 0 Å². The van der Waals surface area contributed by atoms with E-state index < -0.39 is 28.1 Å². The molecule has 0 spiro atoms. The second-order valence-electron chi connectivity index (χ2n) is 3.46. The van der Waals surface area contributed by atoms with Crippen LogP contribution in [-0.2, 0) is 14.3 Å². The van der Waals surface area contributed by atoms with Gasteiger partial charge in [0.15, 0.2) is 0 Å². The minimum absolute atomic E-state index is 0.0939. The van der Waals surface area contributed by atoms with Gasteiger partial charge in [-0.15, -0.1) is 0 Å². The van der Waals surface area contributed by atoms with Gasteiger partial charge in [-0.25, -0.2) is 0 Å². The van der Waals surface area contributed by atoms with Gasteiger partial charge >= 0.3 is 6.18 Å². The van der Waals surface area contributed by atoms with Crippen molar-refractivity contribution in [1.82, 2.24) is 0 Å². The van der Waals surface area contributed by atoms with E-state index in [0.29, 0.717) is 0 Å². The van der Waals surface area contributed by atoms with Gasteiger partial charge in [0.2, 0.25) is 0 Å². The van der Waals surface area contributed by atoms with Crippen molar-refractivity contribution in [2.24, 2.45) is 11.8 Å². The molecule has 0 aromatic heterocycles. The lowest BCUT2D eigenvalue weighted by molar-refractivity contribution is -0.151. The molecule has 2 atom stereocenters. The molecule has 0 amide bonds. The van der Waals surface area contributed by atoms with Crippen LogP contribution in [0, 0.1) is 11.8 Å². The molecule has 14 heavy (non-hydrogen) atoms. The minimum atomic E-state index is -4.14. The van der Waals surface area contributed by atoms with Crippen LogP contribution in [0.25, 0.3) is 0 Å². The first kappa shape index (κ1) is 11.8. The van der Waals surface area contributed by atoms with Gasteiger partial charge in [0.1, 0.15) is 0 Å². The van der Waals surface area contributed by atoms with Crippen LogP contribution in [0.1, 0.15) is 12.8 Å². The Bertz CT molecular complexity index is 296. The molecule has 1 aliphatic carbocycles. The second-order valence-corrected chi connectivity index (χ2v) is 5.10. The van der Waals surface area contributed by atoms with Gasteiger partial charge < -0.3 is 0 Å². The van der Waals surface area contributed by atoms with Crippen LogP contribution in [0.2, 0.25) is 0 Å². The van der Waals surface area contributed by atoms with Crippen molar-refractivity contribution in [3.8, 4) is 0 Å².